The van der Waals surface area contributed by atoms with Crippen LogP contribution in [-0.4, -0.2) is 63.3 Å². The predicted molar refractivity (Wildman–Crippen MR) is 115 cm³/mol. The number of methoxy groups -OCH3 is 1. The van der Waals surface area contributed by atoms with Gasteiger partial charge in [0.2, 0.25) is 0 Å². The van der Waals surface area contributed by atoms with E-state index in [1.54, 1.807) is 7.11 Å². The van der Waals surface area contributed by atoms with Crippen molar-refractivity contribution in [2.45, 2.75) is 31.5 Å². The fourth-order valence-corrected chi connectivity index (χ4v) is 4.94. The highest BCUT2D eigenvalue weighted by Crippen LogP contribution is 2.39. The second kappa shape index (κ2) is 7.81. The molecule has 0 bridgehead atoms. The standard InChI is InChI=1S/C23H28N6O/c1-27-16-21-25-26-22(18-6-8-20(30-2)9-7-18)29(21)23(17-27)10-13-28(14-11-23)15-19-5-3-4-12-24-19/h3-9,12H,10-11,13-17H2,1-2H3. The second-order valence-electron chi connectivity index (χ2n) is 8.50. The van der Waals surface area contributed by atoms with Crippen molar-refractivity contribution in [2.75, 3.05) is 33.8 Å². The molecule has 3 aromatic rings. The number of fused-ring (bicyclic) bond motifs is 2. The summed E-state index contributed by atoms with van der Waals surface area (Å²) >= 11 is 0. The molecule has 2 aromatic heterocycles. The van der Waals surface area contributed by atoms with Crippen molar-refractivity contribution in [1.29, 1.82) is 0 Å². The average Bonchev–Trinajstić information content (AvgIpc) is 3.21. The Hall–Kier alpha value is -2.77. The predicted octanol–water partition coefficient (Wildman–Crippen LogP) is 2.79. The maximum atomic E-state index is 5.32. The van der Waals surface area contributed by atoms with Crippen LogP contribution in [-0.2, 0) is 18.6 Å². The minimum atomic E-state index is 0.0295. The Morgan fingerprint density at radius 3 is 2.53 bits per heavy atom. The van der Waals surface area contributed by atoms with Crippen molar-refractivity contribution in [3.05, 3.63) is 60.2 Å². The van der Waals surface area contributed by atoms with Gasteiger partial charge in [-0.25, -0.2) is 0 Å². The van der Waals surface area contributed by atoms with E-state index in [2.05, 4.69) is 60.9 Å². The first kappa shape index (κ1) is 19.2. The Labute approximate surface area is 177 Å². The zero-order valence-corrected chi connectivity index (χ0v) is 17.7. The molecule has 1 fully saturated rings. The molecular weight excluding hydrogens is 376 g/mol. The van der Waals surface area contributed by atoms with E-state index in [4.69, 9.17) is 4.74 Å². The molecule has 0 unspecified atom stereocenters. The number of likely N-dealkylation sites (tertiary alicyclic amines) is 1. The lowest BCUT2D eigenvalue weighted by atomic mass is 9.84. The van der Waals surface area contributed by atoms with Crippen LogP contribution in [0.4, 0.5) is 0 Å². The monoisotopic (exact) mass is 404 g/mol. The normalized spacial score (nSPS) is 19.0. The first-order valence-electron chi connectivity index (χ1n) is 10.6. The van der Waals surface area contributed by atoms with Crippen LogP contribution in [0.3, 0.4) is 0 Å². The molecule has 1 saturated heterocycles. The van der Waals surface area contributed by atoms with Gasteiger partial charge in [0, 0.05) is 37.9 Å². The highest BCUT2D eigenvalue weighted by atomic mass is 16.5. The summed E-state index contributed by atoms with van der Waals surface area (Å²) in [7, 11) is 3.88. The fraction of sp³-hybridized carbons (Fsp3) is 0.435. The topological polar surface area (TPSA) is 59.3 Å². The van der Waals surface area contributed by atoms with E-state index in [0.717, 1.165) is 74.2 Å². The summed E-state index contributed by atoms with van der Waals surface area (Å²) in [5.74, 6) is 2.89. The number of benzene rings is 1. The van der Waals surface area contributed by atoms with Gasteiger partial charge in [-0.05, 0) is 56.3 Å². The Kier molecular flexibility index (Phi) is 5.00. The molecule has 156 valence electrons. The summed E-state index contributed by atoms with van der Waals surface area (Å²) in [4.78, 5) is 9.40. The molecule has 1 spiro atoms. The molecule has 2 aliphatic heterocycles. The molecule has 5 rings (SSSR count). The van der Waals surface area contributed by atoms with E-state index in [-0.39, 0.29) is 5.54 Å². The Morgan fingerprint density at radius 1 is 1.03 bits per heavy atom. The first-order chi connectivity index (χ1) is 14.7. The Balaban J connectivity index is 1.42. The van der Waals surface area contributed by atoms with Crippen molar-refractivity contribution in [1.82, 2.24) is 29.5 Å². The van der Waals surface area contributed by atoms with E-state index >= 15 is 0 Å². The van der Waals surface area contributed by atoms with Gasteiger partial charge < -0.3 is 9.30 Å². The van der Waals surface area contributed by atoms with E-state index < -0.39 is 0 Å². The highest BCUT2D eigenvalue weighted by Gasteiger charge is 2.43. The minimum absolute atomic E-state index is 0.0295. The van der Waals surface area contributed by atoms with E-state index in [1.807, 2.05) is 24.4 Å². The van der Waals surface area contributed by atoms with Crippen LogP contribution in [0.2, 0.25) is 0 Å². The van der Waals surface area contributed by atoms with Crippen molar-refractivity contribution in [2.24, 2.45) is 0 Å². The summed E-state index contributed by atoms with van der Waals surface area (Å²) in [6.45, 7) is 4.86. The number of aromatic nitrogens is 4. The number of hydrogen-bond acceptors (Lipinski definition) is 6. The number of pyridine rings is 1. The van der Waals surface area contributed by atoms with E-state index in [9.17, 15) is 0 Å². The lowest BCUT2D eigenvalue weighted by Crippen LogP contribution is -2.55. The molecule has 7 heteroatoms. The van der Waals surface area contributed by atoms with Crippen LogP contribution in [0, 0.1) is 0 Å². The summed E-state index contributed by atoms with van der Waals surface area (Å²) in [6, 6.07) is 14.3. The molecule has 0 saturated carbocycles. The molecule has 7 nitrogen and oxygen atoms in total. The van der Waals surface area contributed by atoms with Gasteiger partial charge in [0.05, 0.1) is 24.9 Å². The summed E-state index contributed by atoms with van der Waals surface area (Å²) in [5.41, 5.74) is 2.26. The number of nitrogens with zero attached hydrogens (tertiary/aromatic N) is 6. The highest BCUT2D eigenvalue weighted by molar-refractivity contribution is 5.57. The third kappa shape index (κ3) is 3.48. The largest absolute Gasteiger partial charge is 0.497 e. The fourth-order valence-electron chi connectivity index (χ4n) is 4.94. The van der Waals surface area contributed by atoms with E-state index in [0.29, 0.717) is 0 Å². The van der Waals surface area contributed by atoms with Crippen LogP contribution in [0.25, 0.3) is 11.4 Å². The zero-order chi connectivity index (χ0) is 20.6. The van der Waals surface area contributed by atoms with Gasteiger partial charge in [0.15, 0.2) is 5.82 Å². The van der Waals surface area contributed by atoms with E-state index in [1.165, 1.54) is 0 Å². The molecule has 0 radical (unpaired) electrons. The molecule has 0 aliphatic carbocycles. The van der Waals surface area contributed by atoms with Gasteiger partial charge in [0.25, 0.3) is 0 Å². The van der Waals surface area contributed by atoms with Crippen molar-refractivity contribution in [3.63, 3.8) is 0 Å². The SMILES string of the molecule is COc1ccc(-c2nnc3n2C2(CCN(Cc4ccccn4)CC2)CN(C)C3)cc1. The molecule has 1 aromatic carbocycles. The van der Waals surface area contributed by atoms with Gasteiger partial charge in [-0.1, -0.05) is 6.07 Å². The third-order valence-corrected chi connectivity index (χ3v) is 6.43. The Bertz CT molecular complexity index is 992. The Morgan fingerprint density at radius 2 is 1.83 bits per heavy atom. The van der Waals surface area contributed by atoms with Gasteiger partial charge >= 0.3 is 0 Å². The second-order valence-corrected chi connectivity index (χ2v) is 8.50. The minimum Gasteiger partial charge on any atom is -0.497 e. The first-order valence-corrected chi connectivity index (χ1v) is 10.6. The van der Waals surface area contributed by atoms with Crippen molar-refractivity contribution < 1.29 is 4.74 Å². The van der Waals surface area contributed by atoms with Crippen molar-refractivity contribution >= 4 is 0 Å². The van der Waals surface area contributed by atoms with Crippen molar-refractivity contribution in [3.8, 4) is 17.1 Å². The lowest BCUT2D eigenvalue weighted by molar-refractivity contribution is 0.0486. The van der Waals surface area contributed by atoms with Crippen LogP contribution in [0.15, 0.2) is 48.7 Å². The molecule has 2 aliphatic rings. The zero-order valence-electron chi connectivity index (χ0n) is 17.7. The average molecular weight is 405 g/mol. The molecule has 4 heterocycles. The molecular formula is C23H28N6O. The van der Waals surface area contributed by atoms with Crippen LogP contribution in [0.5, 0.6) is 5.75 Å². The maximum Gasteiger partial charge on any atom is 0.164 e. The molecule has 0 atom stereocenters. The maximum absolute atomic E-state index is 5.32. The number of likely N-dealkylation sites (N-methyl/N-ethyl adjacent to an activating group) is 1. The van der Waals surface area contributed by atoms with Gasteiger partial charge in [-0.3, -0.25) is 14.8 Å². The quantitative estimate of drug-likeness (QED) is 0.667. The molecule has 0 N–H and O–H groups in total. The number of rotatable bonds is 4. The van der Waals surface area contributed by atoms with Gasteiger partial charge in [0.1, 0.15) is 11.6 Å². The van der Waals surface area contributed by atoms with Gasteiger partial charge in [-0.15, -0.1) is 10.2 Å². The van der Waals surface area contributed by atoms with Gasteiger partial charge in [-0.2, -0.15) is 0 Å². The van der Waals surface area contributed by atoms with Crippen LogP contribution >= 0.6 is 0 Å². The summed E-state index contributed by atoms with van der Waals surface area (Å²) < 4.78 is 7.76. The molecule has 30 heavy (non-hydrogen) atoms. The van der Waals surface area contributed by atoms with Crippen LogP contribution in [0.1, 0.15) is 24.4 Å². The summed E-state index contributed by atoms with van der Waals surface area (Å²) in [6.07, 6.45) is 4.04. The summed E-state index contributed by atoms with van der Waals surface area (Å²) in [5, 5.41) is 9.20. The number of piperidine rings is 1. The molecule has 0 amide bonds. The lowest BCUT2D eigenvalue weighted by Gasteiger charge is -2.48. The number of ether oxygens (including phenoxy) is 1. The van der Waals surface area contributed by atoms with Crippen LogP contribution < -0.4 is 4.74 Å². The smallest absolute Gasteiger partial charge is 0.164 e. The third-order valence-electron chi connectivity index (χ3n) is 6.43. The number of hydrogen-bond donors (Lipinski definition) is 0.